The van der Waals surface area contributed by atoms with Crippen LogP contribution >= 0.6 is 0 Å². The molecule has 0 unspecified atom stereocenters. The summed E-state index contributed by atoms with van der Waals surface area (Å²) in [6.45, 7) is 12.2. The summed E-state index contributed by atoms with van der Waals surface area (Å²) in [6, 6.07) is 10.1. The van der Waals surface area contributed by atoms with Crippen molar-refractivity contribution in [2.45, 2.75) is 59.0 Å². The summed E-state index contributed by atoms with van der Waals surface area (Å²) in [6.07, 6.45) is 4.41. The number of hydrogen-bond acceptors (Lipinski definition) is 6. The largest absolute Gasteiger partial charge is 0.358 e. The average molecular weight is 497 g/mol. The molecule has 190 valence electrons. The van der Waals surface area contributed by atoms with Gasteiger partial charge in [-0.1, -0.05) is 26.8 Å². The van der Waals surface area contributed by atoms with Gasteiger partial charge in [-0.3, -0.25) is 9.78 Å². The molecule has 0 aliphatic carbocycles. The number of nitrogens with one attached hydrogen (secondary N) is 3. The average Bonchev–Trinajstić information content (AvgIpc) is 3.38. The molecule has 5 aromatic rings. The Kier molecular flexibility index (Phi) is 5.41. The third-order valence-electron chi connectivity index (χ3n) is 6.97. The van der Waals surface area contributed by atoms with Gasteiger partial charge in [-0.25, -0.2) is 14.3 Å². The van der Waals surface area contributed by atoms with E-state index in [9.17, 15) is 4.79 Å². The fraction of sp³-hybridized carbons (Fsp3) is 0.357. The summed E-state index contributed by atoms with van der Waals surface area (Å²) >= 11 is 0. The highest BCUT2D eigenvalue weighted by molar-refractivity contribution is 5.88. The van der Waals surface area contributed by atoms with Gasteiger partial charge in [0, 0.05) is 71.3 Å². The predicted molar refractivity (Wildman–Crippen MR) is 147 cm³/mol. The third-order valence-corrected chi connectivity index (χ3v) is 6.97. The van der Waals surface area contributed by atoms with E-state index < -0.39 is 0 Å². The van der Waals surface area contributed by atoms with Gasteiger partial charge in [0.25, 0.3) is 5.56 Å². The van der Waals surface area contributed by atoms with Crippen molar-refractivity contribution in [1.82, 2.24) is 34.6 Å². The van der Waals surface area contributed by atoms with Crippen LogP contribution in [0.4, 0.5) is 11.6 Å². The zero-order valence-electron chi connectivity index (χ0n) is 21.9. The SMILES string of the molecule is CC(C)n1c(=O)c2cnc(Nc3ccc4c5c([nH]c4c3)CCNC5)nc2n1-c1ccnc(C(C)(C)C)c1. The van der Waals surface area contributed by atoms with Gasteiger partial charge in [-0.05, 0) is 43.7 Å². The lowest BCUT2D eigenvalue weighted by Crippen LogP contribution is -2.24. The Morgan fingerprint density at radius 2 is 1.92 bits per heavy atom. The zero-order valence-corrected chi connectivity index (χ0v) is 21.9. The molecule has 6 rings (SSSR count). The minimum absolute atomic E-state index is 0.0693. The monoisotopic (exact) mass is 496 g/mol. The molecule has 0 radical (unpaired) electrons. The molecule has 37 heavy (non-hydrogen) atoms. The van der Waals surface area contributed by atoms with Crippen LogP contribution in [0.15, 0.2) is 47.5 Å². The van der Waals surface area contributed by atoms with Crippen molar-refractivity contribution in [3.05, 3.63) is 70.0 Å². The van der Waals surface area contributed by atoms with E-state index in [2.05, 4.69) is 58.5 Å². The highest BCUT2D eigenvalue weighted by Gasteiger charge is 2.22. The van der Waals surface area contributed by atoms with E-state index in [1.165, 1.54) is 16.6 Å². The van der Waals surface area contributed by atoms with E-state index in [4.69, 9.17) is 4.98 Å². The number of fused-ring (bicyclic) bond motifs is 4. The quantitative estimate of drug-likeness (QED) is 0.332. The number of hydrogen-bond donors (Lipinski definition) is 3. The maximum atomic E-state index is 13.4. The normalized spacial score (nSPS) is 14.0. The second-order valence-corrected chi connectivity index (χ2v) is 11.0. The lowest BCUT2D eigenvalue weighted by molar-refractivity contribution is 0.474. The maximum absolute atomic E-state index is 13.4. The van der Waals surface area contributed by atoms with E-state index in [0.717, 1.165) is 42.1 Å². The van der Waals surface area contributed by atoms with E-state index in [1.54, 1.807) is 17.1 Å². The van der Waals surface area contributed by atoms with Gasteiger partial charge in [-0.2, -0.15) is 4.98 Å². The first-order chi connectivity index (χ1) is 17.7. The summed E-state index contributed by atoms with van der Waals surface area (Å²) in [7, 11) is 0. The zero-order chi connectivity index (χ0) is 25.9. The number of aromatic amines is 1. The Hall–Kier alpha value is -3.98. The highest BCUT2D eigenvalue weighted by Crippen LogP contribution is 2.29. The smallest absolute Gasteiger partial charge is 0.278 e. The number of anilines is 2. The van der Waals surface area contributed by atoms with E-state index in [1.807, 2.05) is 36.7 Å². The predicted octanol–water partition coefficient (Wildman–Crippen LogP) is 4.73. The number of nitrogens with zero attached hydrogens (tertiary/aromatic N) is 5. The number of benzene rings is 1. The lowest BCUT2D eigenvalue weighted by Gasteiger charge is -2.20. The summed E-state index contributed by atoms with van der Waals surface area (Å²) in [5.41, 5.74) is 6.73. The molecule has 5 heterocycles. The van der Waals surface area contributed by atoms with Crippen molar-refractivity contribution in [2.24, 2.45) is 0 Å². The van der Waals surface area contributed by atoms with Gasteiger partial charge >= 0.3 is 0 Å². The van der Waals surface area contributed by atoms with E-state index in [0.29, 0.717) is 17.0 Å². The summed E-state index contributed by atoms with van der Waals surface area (Å²) < 4.78 is 3.62. The third kappa shape index (κ3) is 3.99. The Labute approximate surface area is 214 Å². The van der Waals surface area contributed by atoms with Gasteiger partial charge in [-0.15, -0.1) is 0 Å². The molecule has 9 nitrogen and oxygen atoms in total. The highest BCUT2D eigenvalue weighted by atomic mass is 16.1. The van der Waals surface area contributed by atoms with Crippen LogP contribution in [0, 0.1) is 0 Å². The molecular weight excluding hydrogens is 464 g/mol. The molecule has 0 bridgehead atoms. The van der Waals surface area contributed by atoms with Gasteiger partial charge in [0.15, 0.2) is 5.65 Å². The molecule has 0 atom stereocenters. The van der Waals surface area contributed by atoms with Crippen LogP contribution in [-0.4, -0.2) is 35.8 Å². The Bertz CT molecular complexity index is 1700. The van der Waals surface area contributed by atoms with Gasteiger partial charge < -0.3 is 15.6 Å². The molecule has 0 fully saturated rings. The number of pyridine rings is 1. The Balaban J connectivity index is 1.45. The van der Waals surface area contributed by atoms with E-state index in [-0.39, 0.29) is 17.0 Å². The van der Waals surface area contributed by atoms with Crippen molar-refractivity contribution in [3.63, 3.8) is 0 Å². The first-order valence-electron chi connectivity index (χ1n) is 12.8. The minimum atomic E-state index is -0.130. The molecule has 0 saturated carbocycles. The molecule has 9 heteroatoms. The van der Waals surface area contributed by atoms with Crippen LogP contribution < -0.4 is 16.2 Å². The van der Waals surface area contributed by atoms with Crippen molar-refractivity contribution < 1.29 is 0 Å². The van der Waals surface area contributed by atoms with Crippen LogP contribution in [0.25, 0.3) is 27.6 Å². The molecule has 1 aliphatic rings. The van der Waals surface area contributed by atoms with Crippen LogP contribution in [0.2, 0.25) is 0 Å². The Morgan fingerprint density at radius 3 is 2.70 bits per heavy atom. The van der Waals surface area contributed by atoms with Crippen molar-refractivity contribution in [3.8, 4) is 5.69 Å². The van der Waals surface area contributed by atoms with Gasteiger partial charge in [0.1, 0.15) is 5.39 Å². The fourth-order valence-corrected chi connectivity index (χ4v) is 5.10. The molecule has 1 aliphatic heterocycles. The molecule has 0 saturated heterocycles. The Morgan fingerprint density at radius 1 is 1.08 bits per heavy atom. The topological polar surface area (TPSA) is 105 Å². The van der Waals surface area contributed by atoms with E-state index >= 15 is 0 Å². The molecule has 4 aromatic heterocycles. The van der Waals surface area contributed by atoms with Crippen LogP contribution in [0.5, 0.6) is 0 Å². The van der Waals surface area contributed by atoms with Crippen LogP contribution in [-0.2, 0) is 18.4 Å². The summed E-state index contributed by atoms with van der Waals surface area (Å²) in [4.78, 5) is 30.8. The minimum Gasteiger partial charge on any atom is -0.358 e. The van der Waals surface area contributed by atoms with Gasteiger partial charge in [0.2, 0.25) is 5.95 Å². The van der Waals surface area contributed by atoms with Crippen molar-refractivity contribution in [2.75, 3.05) is 11.9 Å². The van der Waals surface area contributed by atoms with Crippen LogP contribution in [0.3, 0.4) is 0 Å². The summed E-state index contributed by atoms with van der Waals surface area (Å²) in [5.74, 6) is 0.435. The first kappa shape index (κ1) is 23.4. The van der Waals surface area contributed by atoms with Crippen molar-refractivity contribution in [1.29, 1.82) is 0 Å². The molecule has 0 amide bonds. The number of aromatic nitrogens is 6. The van der Waals surface area contributed by atoms with Crippen molar-refractivity contribution >= 4 is 33.6 Å². The molecule has 0 spiro atoms. The number of rotatable bonds is 4. The summed E-state index contributed by atoms with van der Waals surface area (Å²) in [5, 5.41) is 8.51. The second kappa shape index (κ2) is 8.55. The maximum Gasteiger partial charge on any atom is 0.278 e. The lowest BCUT2D eigenvalue weighted by atomic mass is 9.91. The number of H-pyrrole nitrogens is 1. The molecule has 3 N–H and O–H groups in total. The standard InChI is InChI=1S/C28H32N8O/c1-16(2)35-26(37)21-15-31-27(34-25(21)36(35)18-8-11-30-24(13-18)28(3,4)5)32-17-6-7-19-20-14-29-10-9-22(20)33-23(19)12-17/h6-8,11-13,15-16,29,33H,9-10,14H2,1-5H3,(H,31,32,34). The second-order valence-electron chi connectivity index (χ2n) is 11.0. The first-order valence-corrected chi connectivity index (χ1v) is 12.8. The van der Waals surface area contributed by atoms with Crippen LogP contribution in [0.1, 0.15) is 57.6 Å². The molecular formula is C28H32N8O. The molecule has 1 aromatic carbocycles. The van der Waals surface area contributed by atoms with Gasteiger partial charge in [0.05, 0.1) is 5.69 Å². The fourth-order valence-electron chi connectivity index (χ4n) is 5.10.